The molecule has 7 nitrogen and oxygen atoms in total. The van der Waals surface area contributed by atoms with Crippen molar-refractivity contribution >= 4 is 40.4 Å². The Morgan fingerprint density at radius 3 is 2.58 bits per heavy atom. The summed E-state index contributed by atoms with van der Waals surface area (Å²) in [6.07, 6.45) is 1.00. The van der Waals surface area contributed by atoms with Crippen LogP contribution >= 0.6 is 22.6 Å². The van der Waals surface area contributed by atoms with Gasteiger partial charge in [0.2, 0.25) is 18.0 Å². The predicted molar refractivity (Wildman–Crippen MR) is 102 cm³/mol. The molecule has 1 atom stereocenters. The van der Waals surface area contributed by atoms with Crippen molar-refractivity contribution < 1.29 is 19.1 Å². The zero-order valence-corrected chi connectivity index (χ0v) is 16.6. The number of hydrogen-bond acceptors (Lipinski definition) is 6. The fourth-order valence-corrected chi connectivity index (χ4v) is 3.02. The van der Waals surface area contributed by atoms with Crippen molar-refractivity contribution in [2.24, 2.45) is 5.10 Å². The molecule has 2 heterocycles. The lowest BCUT2D eigenvalue weighted by Crippen LogP contribution is -2.25. The molecule has 1 aliphatic heterocycles. The molecule has 0 saturated heterocycles. The SMILES string of the molecule is CC(=O)Oc1ccc(C2=NN(C(C)=O)[C@H](c3ccc(C)nc3)O2)cc1I. The van der Waals surface area contributed by atoms with Gasteiger partial charge in [-0.3, -0.25) is 14.6 Å². The number of carbonyl (C=O) groups is 2. The monoisotopic (exact) mass is 465 g/mol. The third kappa shape index (κ3) is 3.85. The molecule has 0 fully saturated rings. The summed E-state index contributed by atoms with van der Waals surface area (Å²) in [7, 11) is 0. The number of pyridine rings is 1. The average molecular weight is 465 g/mol. The van der Waals surface area contributed by atoms with E-state index in [0.717, 1.165) is 14.8 Å². The van der Waals surface area contributed by atoms with Crippen LogP contribution in [0.5, 0.6) is 5.75 Å². The fourth-order valence-electron chi connectivity index (χ4n) is 2.40. The highest BCUT2D eigenvalue weighted by molar-refractivity contribution is 14.1. The first-order valence-corrected chi connectivity index (χ1v) is 8.89. The number of esters is 1. The van der Waals surface area contributed by atoms with Gasteiger partial charge in [0, 0.05) is 36.9 Å². The molecule has 0 bridgehead atoms. The van der Waals surface area contributed by atoms with Crippen LogP contribution < -0.4 is 4.74 Å². The van der Waals surface area contributed by atoms with E-state index < -0.39 is 6.23 Å². The summed E-state index contributed by atoms with van der Waals surface area (Å²) < 4.78 is 11.8. The zero-order chi connectivity index (χ0) is 18.8. The van der Waals surface area contributed by atoms with E-state index in [2.05, 4.69) is 32.7 Å². The topological polar surface area (TPSA) is 81.1 Å². The van der Waals surface area contributed by atoms with E-state index in [1.165, 1.54) is 18.9 Å². The van der Waals surface area contributed by atoms with Crippen LogP contribution in [0.4, 0.5) is 0 Å². The Labute approximate surface area is 164 Å². The van der Waals surface area contributed by atoms with Gasteiger partial charge in [0.05, 0.1) is 3.57 Å². The Morgan fingerprint density at radius 2 is 2.00 bits per heavy atom. The second-order valence-electron chi connectivity index (χ2n) is 5.71. The van der Waals surface area contributed by atoms with Crippen molar-refractivity contribution in [3.63, 3.8) is 0 Å². The molecule has 26 heavy (non-hydrogen) atoms. The van der Waals surface area contributed by atoms with Gasteiger partial charge >= 0.3 is 5.97 Å². The van der Waals surface area contributed by atoms with Crippen LogP contribution in [-0.4, -0.2) is 27.8 Å². The van der Waals surface area contributed by atoms with Gasteiger partial charge in [-0.15, -0.1) is 5.10 Å². The maximum absolute atomic E-state index is 12.0. The number of benzene rings is 1. The molecule has 2 aromatic rings. The molecule has 0 N–H and O–H groups in total. The van der Waals surface area contributed by atoms with Crippen LogP contribution in [0.2, 0.25) is 0 Å². The standard InChI is InChI=1S/C18H16IN3O4/c1-10-4-5-14(9-20-10)18-22(11(2)23)21-17(26-18)13-6-7-16(15(19)8-13)25-12(3)24/h4-9,18H,1-3H3/t18-/m0/s1. The van der Waals surface area contributed by atoms with E-state index in [1.54, 1.807) is 24.4 Å². The number of halogens is 1. The molecule has 134 valence electrons. The van der Waals surface area contributed by atoms with E-state index in [1.807, 2.05) is 19.1 Å². The Hall–Kier alpha value is -2.49. The van der Waals surface area contributed by atoms with Gasteiger partial charge in [-0.25, -0.2) is 0 Å². The molecule has 1 aromatic carbocycles. The molecular formula is C18H16IN3O4. The van der Waals surface area contributed by atoms with E-state index in [9.17, 15) is 9.59 Å². The van der Waals surface area contributed by atoms with Gasteiger partial charge in [-0.2, -0.15) is 5.01 Å². The van der Waals surface area contributed by atoms with Gasteiger partial charge in [-0.05, 0) is 59.8 Å². The molecule has 1 aliphatic rings. The highest BCUT2D eigenvalue weighted by Gasteiger charge is 2.33. The van der Waals surface area contributed by atoms with Crippen molar-refractivity contribution in [2.45, 2.75) is 27.0 Å². The summed E-state index contributed by atoms with van der Waals surface area (Å²) in [6, 6.07) is 8.89. The molecule has 3 rings (SSSR count). The lowest BCUT2D eigenvalue weighted by atomic mass is 10.2. The van der Waals surface area contributed by atoms with Crippen LogP contribution in [0.15, 0.2) is 41.6 Å². The number of nitrogens with zero attached hydrogens (tertiary/aromatic N) is 3. The summed E-state index contributed by atoms with van der Waals surface area (Å²) in [5, 5.41) is 5.60. The number of carbonyl (C=O) groups excluding carboxylic acids is 2. The lowest BCUT2D eigenvalue weighted by molar-refractivity contribution is -0.135. The highest BCUT2D eigenvalue weighted by atomic mass is 127. The third-order valence-corrected chi connectivity index (χ3v) is 4.46. The second kappa shape index (κ2) is 7.40. The molecular weight excluding hydrogens is 449 g/mol. The second-order valence-corrected chi connectivity index (χ2v) is 6.87. The first kappa shape index (κ1) is 18.3. The van der Waals surface area contributed by atoms with E-state index in [4.69, 9.17) is 9.47 Å². The predicted octanol–water partition coefficient (Wildman–Crippen LogP) is 3.16. The van der Waals surface area contributed by atoms with Crippen molar-refractivity contribution in [1.29, 1.82) is 0 Å². The third-order valence-electron chi connectivity index (χ3n) is 3.62. The number of aromatic nitrogens is 1. The summed E-state index contributed by atoms with van der Waals surface area (Å²) in [5.74, 6) is 0.151. The molecule has 0 radical (unpaired) electrons. The Morgan fingerprint density at radius 1 is 1.23 bits per heavy atom. The van der Waals surface area contributed by atoms with Crippen LogP contribution in [0.25, 0.3) is 0 Å². The minimum Gasteiger partial charge on any atom is -0.446 e. The fraction of sp³-hybridized carbons (Fsp3) is 0.222. The first-order chi connectivity index (χ1) is 12.3. The number of amides is 1. The molecule has 1 aromatic heterocycles. The maximum atomic E-state index is 12.0. The van der Waals surface area contributed by atoms with E-state index in [-0.39, 0.29) is 11.9 Å². The van der Waals surface area contributed by atoms with Crippen molar-refractivity contribution in [3.8, 4) is 5.75 Å². The van der Waals surface area contributed by atoms with Crippen LogP contribution in [0, 0.1) is 10.5 Å². The Kier molecular flexibility index (Phi) is 5.21. The first-order valence-electron chi connectivity index (χ1n) is 7.81. The maximum Gasteiger partial charge on any atom is 0.308 e. The largest absolute Gasteiger partial charge is 0.446 e. The number of aryl methyl sites for hydroxylation is 1. The van der Waals surface area contributed by atoms with Crippen molar-refractivity contribution in [3.05, 3.63) is 56.9 Å². The summed E-state index contributed by atoms with van der Waals surface area (Å²) in [5.41, 5.74) is 2.28. The number of rotatable bonds is 3. The van der Waals surface area contributed by atoms with Crippen LogP contribution in [0.3, 0.4) is 0 Å². The smallest absolute Gasteiger partial charge is 0.308 e. The molecule has 1 amide bonds. The van der Waals surface area contributed by atoms with Crippen LogP contribution in [-0.2, 0) is 14.3 Å². The Bertz CT molecular complexity index is 896. The summed E-state index contributed by atoms with van der Waals surface area (Å²) >= 11 is 2.07. The molecule has 8 heteroatoms. The number of hydrazone groups is 1. The van der Waals surface area contributed by atoms with Gasteiger partial charge in [-0.1, -0.05) is 0 Å². The van der Waals surface area contributed by atoms with Crippen molar-refractivity contribution in [1.82, 2.24) is 9.99 Å². The molecule has 0 unspecified atom stereocenters. The lowest BCUT2D eigenvalue weighted by Gasteiger charge is -2.19. The van der Waals surface area contributed by atoms with Gasteiger partial charge < -0.3 is 9.47 Å². The normalized spacial score (nSPS) is 16.1. The minimum absolute atomic E-state index is 0.239. The van der Waals surface area contributed by atoms with E-state index >= 15 is 0 Å². The van der Waals surface area contributed by atoms with Crippen molar-refractivity contribution in [2.75, 3.05) is 0 Å². The highest BCUT2D eigenvalue weighted by Crippen LogP contribution is 2.31. The summed E-state index contributed by atoms with van der Waals surface area (Å²) in [4.78, 5) is 27.3. The van der Waals surface area contributed by atoms with Gasteiger partial charge in [0.15, 0.2) is 0 Å². The Balaban J connectivity index is 1.90. The van der Waals surface area contributed by atoms with Gasteiger partial charge in [0.25, 0.3) is 0 Å². The van der Waals surface area contributed by atoms with Crippen LogP contribution in [0.1, 0.15) is 36.9 Å². The molecule has 0 spiro atoms. The van der Waals surface area contributed by atoms with E-state index in [0.29, 0.717) is 17.2 Å². The number of ether oxygens (including phenoxy) is 2. The molecule has 0 saturated carbocycles. The quantitative estimate of drug-likeness (QED) is 0.395. The average Bonchev–Trinajstić information content (AvgIpc) is 3.02. The van der Waals surface area contributed by atoms with Gasteiger partial charge in [0.1, 0.15) is 5.75 Å². The number of hydrogen-bond donors (Lipinski definition) is 0. The summed E-state index contributed by atoms with van der Waals surface area (Å²) in [6.45, 7) is 4.66. The minimum atomic E-state index is -0.665. The zero-order valence-electron chi connectivity index (χ0n) is 14.4. The molecule has 0 aliphatic carbocycles.